The van der Waals surface area contributed by atoms with E-state index in [1.54, 1.807) is 16.3 Å². The van der Waals surface area contributed by atoms with Crippen molar-refractivity contribution < 1.29 is 14.4 Å². The highest BCUT2D eigenvalue weighted by Gasteiger charge is 2.34. The molecule has 1 aromatic carbocycles. The zero-order chi connectivity index (χ0) is 21.1. The third-order valence-electron chi connectivity index (χ3n) is 5.53. The lowest BCUT2D eigenvalue weighted by Crippen LogP contribution is -2.39. The molecule has 0 radical (unpaired) electrons. The number of carbonyl (C=O) groups excluding carboxylic acids is 3. The van der Waals surface area contributed by atoms with Crippen LogP contribution >= 0.6 is 11.3 Å². The van der Waals surface area contributed by atoms with Crippen LogP contribution in [0.1, 0.15) is 47.3 Å². The summed E-state index contributed by atoms with van der Waals surface area (Å²) in [5, 5.41) is 5.06. The molecule has 1 aliphatic carbocycles. The normalized spacial score (nSPS) is 15.8. The van der Waals surface area contributed by atoms with Crippen molar-refractivity contribution in [3.05, 3.63) is 46.5 Å². The lowest BCUT2D eigenvalue weighted by atomic mass is 10.1. The Morgan fingerprint density at radius 3 is 2.63 bits per heavy atom. The van der Waals surface area contributed by atoms with Gasteiger partial charge < -0.3 is 15.1 Å². The van der Waals surface area contributed by atoms with Gasteiger partial charge in [-0.1, -0.05) is 18.2 Å². The van der Waals surface area contributed by atoms with Crippen LogP contribution in [0.4, 0.5) is 5.13 Å². The largest absolute Gasteiger partial charge is 0.342 e. The third kappa shape index (κ3) is 4.87. The number of thiazole rings is 1. The number of nitrogens with zero attached hydrogens (tertiary/aromatic N) is 3. The molecule has 2 aromatic rings. The molecule has 1 aliphatic heterocycles. The Hall–Kier alpha value is -2.74. The van der Waals surface area contributed by atoms with E-state index in [0.29, 0.717) is 16.4 Å². The summed E-state index contributed by atoms with van der Waals surface area (Å²) in [6.07, 6.45) is 4.22. The zero-order valence-corrected chi connectivity index (χ0v) is 17.9. The predicted molar refractivity (Wildman–Crippen MR) is 115 cm³/mol. The van der Waals surface area contributed by atoms with Gasteiger partial charge in [0, 0.05) is 30.1 Å². The van der Waals surface area contributed by atoms with Crippen molar-refractivity contribution in [2.45, 2.75) is 45.1 Å². The fourth-order valence-corrected chi connectivity index (χ4v) is 4.44. The Kier molecular flexibility index (Phi) is 6.13. The summed E-state index contributed by atoms with van der Waals surface area (Å²) < 4.78 is 0. The summed E-state index contributed by atoms with van der Waals surface area (Å²) in [5.41, 5.74) is 2.21. The molecule has 1 N–H and O–H groups in total. The molecule has 1 aromatic heterocycles. The van der Waals surface area contributed by atoms with Crippen molar-refractivity contribution in [2.24, 2.45) is 0 Å². The summed E-state index contributed by atoms with van der Waals surface area (Å²) in [5.74, 6) is -0.295. The Balaban J connectivity index is 1.35. The van der Waals surface area contributed by atoms with Gasteiger partial charge in [-0.05, 0) is 44.2 Å². The molecule has 4 rings (SSSR count). The van der Waals surface area contributed by atoms with E-state index in [4.69, 9.17) is 0 Å². The summed E-state index contributed by atoms with van der Waals surface area (Å²) >= 11 is 1.30. The summed E-state index contributed by atoms with van der Waals surface area (Å²) in [7, 11) is 0. The number of hydrogen-bond donors (Lipinski definition) is 1. The number of hydrogen-bond acceptors (Lipinski definition) is 5. The van der Waals surface area contributed by atoms with Crippen LogP contribution in [-0.4, -0.2) is 58.2 Å². The maximum atomic E-state index is 13.0. The van der Waals surface area contributed by atoms with Crippen molar-refractivity contribution >= 4 is 34.2 Å². The molecule has 1 saturated carbocycles. The number of carbonyl (C=O) groups is 3. The van der Waals surface area contributed by atoms with E-state index in [1.807, 2.05) is 30.0 Å². The fraction of sp³-hybridized carbons (Fsp3) is 0.455. The molecule has 7 nitrogen and oxygen atoms in total. The number of benzene rings is 1. The van der Waals surface area contributed by atoms with Crippen LogP contribution in [0.2, 0.25) is 0 Å². The van der Waals surface area contributed by atoms with E-state index in [0.717, 1.165) is 44.3 Å². The monoisotopic (exact) mass is 426 g/mol. The maximum Gasteiger partial charge on any atom is 0.254 e. The van der Waals surface area contributed by atoms with Crippen LogP contribution in [0.25, 0.3) is 0 Å². The van der Waals surface area contributed by atoms with E-state index in [2.05, 4.69) is 10.3 Å². The van der Waals surface area contributed by atoms with Gasteiger partial charge in [0.25, 0.3) is 5.91 Å². The highest BCUT2D eigenvalue weighted by molar-refractivity contribution is 7.13. The first-order valence-electron chi connectivity index (χ1n) is 10.4. The molecule has 0 atom stereocenters. The summed E-state index contributed by atoms with van der Waals surface area (Å²) in [6, 6.07) is 7.56. The zero-order valence-electron chi connectivity index (χ0n) is 17.1. The molecule has 158 valence electrons. The summed E-state index contributed by atoms with van der Waals surface area (Å²) in [4.78, 5) is 45.8. The van der Waals surface area contributed by atoms with Gasteiger partial charge >= 0.3 is 0 Å². The smallest absolute Gasteiger partial charge is 0.254 e. The van der Waals surface area contributed by atoms with E-state index < -0.39 is 0 Å². The van der Waals surface area contributed by atoms with E-state index in [1.165, 1.54) is 11.3 Å². The van der Waals surface area contributed by atoms with Gasteiger partial charge in [-0.2, -0.15) is 0 Å². The molecule has 1 saturated heterocycles. The molecule has 0 spiro atoms. The Morgan fingerprint density at radius 2 is 1.93 bits per heavy atom. The quantitative estimate of drug-likeness (QED) is 0.738. The first-order chi connectivity index (χ1) is 14.5. The van der Waals surface area contributed by atoms with Gasteiger partial charge in [0.15, 0.2) is 5.13 Å². The number of rotatable bonds is 7. The average molecular weight is 427 g/mol. The molecule has 0 bridgehead atoms. The second kappa shape index (κ2) is 8.95. The molecule has 2 heterocycles. The topological polar surface area (TPSA) is 82.6 Å². The van der Waals surface area contributed by atoms with Crippen molar-refractivity contribution in [3.63, 3.8) is 0 Å². The number of nitrogens with one attached hydrogen (secondary N) is 1. The van der Waals surface area contributed by atoms with E-state index >= 15 is 0 Å². The standard InChI is InChI=1S/C22H26N4O3S/c1-15-6-2-3-7-18(15)21(29)26(17-8-9-17)13-19(27)24-22-23-16(14-30-22)12-20(28)25-10-4-5-11-25/h2-3,6-7,14,17H,4-5,8-13H2,1H3,(H,23,24,27). The predicted octanol–water partition coefficient (Wildman–Crippen LogP) is 2.86. The molecule has 2 aliphatic rings. The van der Waals surface area contributed by atoms with Crippen LogP contribution in [0.3, 0.4) is 0 Å². The Labute approximate surface area is 180 Å². The third-order valence-corrected chi connectivity index (χ3v) is 6.33. The minimum Gasteiger partial charge on any atom is -0.342 e. The molecular weight excluding hydrogens is 400 g/mol. The molecular formula is C22H26N4O3S. The highest BCUT2D eigenvalue weighted by Crippen LogP contribution is 2.29. The molecule has 3 amide bonds. The van der Waals surface area contributed by atoms with Gasteiger partial charge in [0.2, 0.25) is 11.8 Å². The number of amides is 3. The lowest BCUT2D eigenvalue weighted by Gasteiger charge is -2.22. The molecule has 0 unspecified atom stereocenters. The van der Waals surface area contributed by atoms with Crippen LogP contribution in [0.15, 0.2) is 29.6 Å². The van der Waals surface area contributed by atoms with Gasteiger partial charge in [-0.3, -0.25) is 14.4 Å². The number of aryl methyl sites for hydroxylation is 1. The molecule has 2 fully saturated rings. The van der Waals surface area contributed by atoms with Gasteiger partial charge in [0.05, 0.1) is 12.1 Å². The number of anilines is 1. The minimum atomic E-state index is -0.268. The van der Waals surface area contributed by atoms with E-state index in [-0.39, 0.29) is 36.7 Å². The first kappa shape index (κ1) is 20.5. The second-order valence-corrected chi connectivity index (χ2v) is 8.79. The van der Waals surface area contributed by atoms with Crippen molar-refractivity contribution in [1.29, 1.82) is 0 Å². The number of aromatic nitrogens is 1. The highest BCUT2D eigenvalue weighted by atomic mass is 32.1. The molecule has 30 heavy (non-hydrogen) atoms. The second-order valence-electron chi connectivity index (χ2n) is 7.94. The van der Waals surface area contributed by atoms with Crippen LogP contribution < -0.4 is 5.32 Å². The summed E-state index contributed by atoms with van der Waals surface area (Å²) in [6.45, 7) is 3.54. The number of likely N-dealkylation sites (tertiary alicyclic amines) is 1. The Morgan fingerprint density at radius 1 is 1.20 bits per heavy atom. The SMILES string of the molecule is Cc1ccccc1C(=O)N(CC(=O)Nc1nc(CC(=O)N2CCCC2)cs1)C1CC1. The average Bonchev–Trinajstić information content (AvgIpc) is 3.22. The minimum absolute atomic E-state index is 0.000540. The van der Waals surface area contributed by atoms with E-state index in [9.17, 15) is 14.4 Å². The van der Waals surface area contributed by atoms with Gasteiger partial charge in [0.1, 0.15) is 6.54 Å². The molecule has 8 heteroatoms. The Bertz CT molecular complexity index is 947. The van der Waals surface area contributed by atoms with Crippen LogP contribution in [0, 0.1) is 6.92 Å². The van der Waals surface area contributed by atoms with Crippen LogP contribution in [-0.2, 0) is 16.0 Å². The van der Waals surface area contributed by atoms with Crippen molar-refractivity contribution in [3.8, 4) is 0 Å². The fourth-order valence-electron chi connectivity index (χ4n) is 3.71. The lowest BCUT2D eigenvalue weighted by molar-refractivity contribution is -0.129. The van der Waals surface area contributed by atoms with Crippen molar-refractivity contribution in [2.75, 3.05) is 25.0 Å². The first-order valence-corrected chi connectivity index (χ1v) is 11.3. The van der Waals surface area contributed by atoms with Gasteiger partial charge in [-0.25, -0.2) is 4.98 Å². The van der Waals surface area contributed by atoms with Gasteiger partial charge in [-0.15, -0.1) is 11.3 Å². The van der Waals surface area contributed by atoms with Crippen molar-refractivity contribution in [1.82, 2.24) is 14.8 Å². The van der Waals surface area contributed by atoms with Crippen LogP contribution in [0.5, 0.6) is 0 Å². The maximum absolute atomic E-state index is 13.0.